The largest absolute Gasteiger partial charge is 0.298 e. The Morgan fingerprint density at radius 2 is 2.27 bits per heavy atom. The molecular formula is C10H6BrFN2O. The number of benzene rings is 1. The summed E-state index contributed by atoms with van der Waals surface area (Å²) in [5.41, 5.74) is 1.07. The second kappa shape index (κ2) is 3.94. The Morgan fingerprint density at radius 3 is 2.93 bits per heavy atom. The fourth-order valence-corrected chi connectivity index (χ4v) is 1.63. The van der Waals surface area contributed by atoms with Gasteiger partial charge in [-0.3, -0.25) is 9.89 Å². The number of aldehydes is 1. The van der Waals surface area contributed by atoms with Gasteiger partial charge in [-0.2, -0.15) is 5.10 Å². The average molecular weight is 269 g/mol. The van der Waals surface area contributed by atoms with Gasteiger partial charge in [-0.15, -0.1) is 0 Å². The molecule has 1 heterocycles. The molecule has 0 bridgehead atoms. The van der Waals surface area contributed by atoms with Crippen LogP contribution in [0.2, 0.25) is 0 Å². The van der Waals surface area contributed by atoms with Crippen LogP contribution in [0.4, 0.5) is 4.39 Å². The number of H-pyrrole nitrogens is 1. The van der Waals surface area contributed by atoms with Gasteiger partial charge in [-0.05, 0) is 18.2 Å². The molecule has 0 aliphatic heterocycles. The Kier molecular flexibility index (Phi) is 2.64. The highest BCUT2D eigenvalue weighted by Crippen LogP contribution is 2.25. The number of aromatic amines is 1. The van der Waals surface area contributed by atoms with Gasteiger partial charge in [0.15, 0.2) is 6.29 Å². The summed E-state index contributed by atoms with van der Waals surface area (Å²) in [4.78, 5) is 10.6. The molecule has 0 aliphatic rings. The fourth-order valence-electron chi connectivity index (χ4n) is 1.29. The second-order valence-electron chi connectivity index (χ2n) is 2.94. The number of rotatable bonds is 2. The lowest BCUT2D eigenvalue weighted by Gasteiger charge is -2.01. The van der Waals surface area contributed by atoms with Gasteiger partial charge in [0.2, 0.25) is 0 Å². The summed E-state index contributed by atoms with van der Waals surface area (Å²) in [6, 6.07) is 4.62. The number of hydrogen-bond donors (Lipinski definition) is 1. The van der Waals surface area contributed by atoms with Crippen molar-refractivity contribution in [2.24, 2.45) is 0 Å². The molecule has 1 aromatic carbocycles. The topological polar surface area (TPSA) is 45.8 Å². The summed E-state index contributed by atoms with van der Waals surface area (Å²) < 4.78 is 14.2. The number of aromatic nitrogens is 2. The number of carbonyl (C=O) groups is 1. The molecule has 0 atom stereocenters. The van der Waals surface area contributed by atoms with Gasteiger partial charge in [-0.25, -0.2) is 4.39 Å². The Hall–Kier alpha value is -1.49. The maximum Gasteiger partial charge on any atom is 0.153 e. The van der Waals surface area contributed by atoms with Crippen LogP contribution >= 0.6 is 15.9 Å². The van der Waals surface area contributed by atoms with Crippen LogP contribution in [0, 0.1) is 5.82 Å². The lowest BCUT2D eigenvalue weighted by molar-refractivity contribution is 0.112. The van der Waals surface area contributed by atoms with E-state index in [1.807, 2.05) is 0 Å². The monoisotopic (exact) mass is 268 g/mol. The smallest absolute Gasteiger partial charge is 0.153 e. The maximum absolute atomic E-state index is 13.5. The molecule has 0 saturated carbocycles. The SMILES string of the molecule is O=Cc1cn[nH]c1-c1ccc(Br)cc1F. The van der Waals surface area contributed by atoms with Crippen LogP contribution in [0.1, 0.15) is 10.4 Å². The van der Waals surface area contributed by atoms with E-state index in [4.69, 9.17) is 0 Å². The fraction of sp³-hybridized carbons (Fsp3) is 0. The first-order valence-electron chi connectivity index (χ1n) is 4.16. The van der Waals surface area contributed by atoms with E-state index in [2.05, 4.69) is 26.1 Å². The predicted octanol–water partition coefficient (Wildman–Crippen LogP) is 2.79. The summed E-state index contributed by atoms with van der Waals surface area (Å²) in [6.07, 6.45) is 2.00. The Morgan fingerprint density at radius 1 is 1.47 bits per heavy atom. The van der Waals surface area contributed by atoms with Gasteiger partial charge < -0.3 is 0 Å². The number of nitrogens with one attached hydrogen (secondary N) is 1. The van der Waals surface area contributed by atoms with E-state index in [-0.39, 0.29) is 0 Å². The molecule has 15 heavy (non-hydrogen) atoms. The minimum atomic E-state index is -0.406. The first kappa shape index (κ1) is 10.0. The van der Waals surface area contributed by atoms with Crippen molar-refractivity contribution in [2.45, 2.75) is 0 Å². The van der Waals surface area contributed by atoms with E-state index in [1.54, 1.807) is 12.1 Å². The summed E-state index contributed by atoms with van der Waals surface area (Å²) in [6.45, 7) is 0. The molecule has 1 N–H and O–H groups in total. The van der Waals surface area contributed by atoms with Gasteiger partial charge in [0.1, 0.15) is 5.82 Å². The number of halogens is 2. The van der Waals surface area contributed by atoms with Crippen molar-refractivity contribution in [1.29, 1.82) is 0 Å². The predicted molar refractivity (Wildman–Crippen MR) is 57.1 cm³/mol. The van der Waals surface area contributed by atoms with Crippen LogP contribution in [0.15, 0.2) is 28.9 Å². The first-order valence-corrected chi connectivity index (χ1v) is 4.95. The minimum absolute atomic E-state index is 0.331. The Labute approximate surface area is 93.4 Å². The van der Waals surface area contributed by atoms with Gasteiger partial charge >= 0.3 is 0 Å². The number of hydrogen-bond acceptors (Lipinski definition) is 2. The molecule has 0 saturated heterocycles. The maximum atomic E-state index is 13.5. The summed E-state index contributed by atoms with van der Waals surface area (Å²) in [7, 11) is 0. The van der Waals surface area contributed by atoms with Gasteiger partial charge in [0, 0.05) is 10.0 Å². The molecule has 0 fully saturated rings. The van der Waals surface area contributed by atoms with Crippen LogP contribution in [0.5, 0.6) is 0 Å². The molecule has 0 amide bonds. The molecule has 2 aromatic rings. The summed E-state index contributed by atoms with van der Waals surface area (Å²) >= 11 is 3.16. The van der Waals surface area contributed by atoms with Crippen molar-refractivity contribution >= 4 is 22.2 Å². The van der Waals surface area contributed by atoms with Crippen molar-refractivity contribution in [2.75, 3.05) is 0 Å². The standard InChI is InChI=1S/C10H6BrFN2O/c11-7-1-2-8(9(12)3-7)10-6(5-15)4-13-14-10/h1-5H,(H,13,14). The van der Waals surface area contributed by atoms with Crippen molar-refractivity contribution in [1.82, 2.24) is 10.2 Å². The van der Waals surface area contributed by atoms with E-state index >= 15 is 0 Å². The minimum Gasteiger partial charge on any atom is -0.298 e. The zero-order valence-electron chi connectivity index (χ0n) is 7.50. The molecule has 76 valence electrons. The highest BCUT2D eigenvalue weighted by atomic mass is 79.9. The average Bonchev–Trinajstić information content (AvgIpc) is 2.65. The number of carbonyl (C=O) groups excluding carboxylic acids is 1. The lowest BCUT2D eigenvalue weighted by Crippen LogP contribution is -1.88. The zero-order valence-corrected chi connectivity index (χ0v) is 9.08. The van der Waals surface area contributed by atoms with E-state index in [1.165, 1.54) is 12.3 Å². The van der Waals surface area contributed by atoms with Crippen LogP contribution in [-0.2, 0) is 0 Å². The molecule has 0 spiro atoms. The third-order valence-corrected chi connectivity index (χ3v) is 2.49. The third kappa shape index (κ3) is 1.83. The van der Waals surface area contributed by atoms with E-state index in [0.29, 0.717) is 27.6 Å². The van der Waals surface area contributed by atoms with E-state index in [9.17, 15) is 9.18 Å². The van der Waals surface area contributed by atoms with Crippen molar-refractivity contribution in [3.8, 4) is 11.3 Å². The summed E-state index contributed by atoms with van der Waals surface area (Å²) in [5, 5.41) is 6.29. The van der Waals surface area contributed by atoms with Gasteiger partial charge in [0.05, 0.1) is 17.5 Å². The van der Waals surface area contributed by atoms with E-state index in [0.717, 1.165) is 0 Å². The molecule has 0 radical (unpaired) electrons. The molecule has 3 nitrogen and oxygen atoms in total. The Balaban J connectivity index is 2.59. The van der Waals surface area contributed by atoms with Crippen LogP contribution < -0.4 is 0 Å². The Bertz CT molecular complexity index is 510. The van der Waals surface area contributed by atoms with Gasteiger partial charge in [0.25, 0.3) is 0 Å². The number of nitrogens with zero attached hydrogens (tertiary/aromatic N) is 1. The third-order valence-electron chi connectivity index (χ3n) is 2.00. The second-order valence-corrected chi connectivity index (χ2v) is 3.86. The molecule has 5 heteroatoms. The van der Waals surface area contributed by atoms with Gasteiger partial charge in [-0.1, -0.05) is 15.9 Å². The normalized spacial score (nSPS) is 10.3. The quantitative estimate of drug-likeness (QED) is 0.852. The zero-order chi connectivity index (χ0) is 10.8. The summed E-state index contributed by atoms with van der Waals surface area (Å²) in [5.74, 6) is -0.406. The van der Waals surface area contributed by atoms with Crippen molar-refractivity contribution < 1.29 is 9.18 Å². The van der Waals surface area contributed by atoms with Crippen molar-refractivity contribution in [3.05, 3.63) is 40.2 Å². The molecule has 2 rings (SSSR count). The first-order chi connectivity index (χ1) is 7.22. The molecule has 0 unspecified atom stereocenters. The van der Waals surface area contributed by atoms with Crippen LogP contribution in [-0.4, -0.2) is 16.5 Å². The molecule has 0 aliphatic carbocycles. The van der Waals surface area contributed by atoms with E-state index < -0.39 is 5.82 Å². The van der Waals surface area contributed by atoms with Crippen LogP contribution in [0.3, 0.4) is 0 Å². The molecule has 1 aromatic heterocycles. The van der Waals surface area contributed by atoms with Crippen molar-refractivity contribution in [3.63, 3.8) is 0 Å². The lowest BCUT2D eigenvalue weighted by atomic mass is 10.1. The highest BCUT2D eigenvalue weighted by Gasteiger charge is 2.11. The molecular weight excluding hydrogens is 263 g/mol. The highest BCUT2D eigenvalue weighted by molar-refractivity contribution is 9.10. The van der Waals surface area contributed by atoms with Crippen LogP contribution in [0.25, 0.3) is 11.3 Å².